The summed E-state index contributed by atoms with van der Waals surface area (Å²) in [5.74, 6) is -0.416. The summed E-state index contributed by atoms with van der Waals surface area (Å²) in [5.41, 5.74) is 1.97. The second-order valence-electron chi connectivity index (χ2n) is 5.06. The Morgan fingerprint density at radius 2 is 2.20 bits per heavy atom. The molecule has 1 amide bonds. The minimum Gasteiger partial charge on any atom is -0.383 e. The average Bonchev–Trinajstić information content (AvgIpc) is 2.66. The molecule has 1 unspecified atom stereocenters. The van der Waals surface area contributed by atoms with Gasteiger partial charge in [-0.3, -0.25) is 4.79 Å². The number of nitrogens with zero attached hydrogens (tertiary/aromatic N) is 1. The van der Waals surface area contributed by atoms with Crippen LogP contribution in [0.15, 0.2) is 12.1 Å². The van der Waals surface area contributed by atoms with E-state index in [0.29, 0.717) is 29.4 Å². The molecule has 1 atom stereocenters. The molecule has 0 fully saturated rings. The molecule has 1 heterocycles. The largest absolute Gasteiger partial charge is 0.383 e. The molecule has 2 N–H and O–H groups in total. The molecule has 1 aromatic rings. The average molecular weight is 299 g/mol. The number of methoxy groups -OCH3 is 1. The molecule has 20 heavy (non-hydrogen) atoms. The van der Waals surface area contributed by atoms with Crippen molar-refractivity contribution in [2.75, 3.05) is 30.5 Å². The molecule has 0 radical (unpaired) electrons. The Balaban J connectivity index is 2.37. The van der Waals surface area contributed by atoms with Crippen LogP contribution in [0.5, 0.6) is 0 Å². The van der Waals surface area contributed by atoms with Crippen molar-refractivity contribution in [3.8, 4) is 0 Å². The highest BCUT2D eigenvalue weighted by Gasteiger charge is 2.30. The highest BCUT2D eigenvalue weighted by molar-refractivity contribution is 6.33. The zero-order chi connectivity index (χ0) is 14.9. The van der Waals surface area contributed by atoms with E-state index in [1.807, 2.05) is 0 Å². The van der Waals surface area contributed by atoms with Crippen molar-refractivity contribution < 1.29 is 14.6 Å². The third-order valence-corrected chi connectivity index (χ3v) is 3.69. The molecule has 1 aliphatic heterocycles. The van der Waals surface area contributed by atoms with Crippen molar-refractivity contribution in [1.29, 1.82) is 0 Å². The predicted octanol–water partition coefficient (Wildman–Crippen LogP) is 2.19. The van der Waals surface area contributed by atoms with Crippen LogP contribution in [0.25, 0.3) is 0 Å². The van der Waals surface area contributed by atoms with Gasteiger partial charge >= 0.3 is 0 Å². The second-order valence-corrected chi connectivity index (χ2v) is 5.47. The fraction of sp³-hybridized carbons (Fsp3) is 0.500. The lowest BCUT2D eigenvalue weighted by Gasteiger charge is -2.30. The maximum Gasteiger partial charge on any atom is 0.257 e. The lowest BCUT2D eigenvalue weighted by Crippen LogP contribution is -2.34. The van der Waals surface area contributed by atoms with Crippen LogP contribution >= 0.6 is 11.6 Å². The summed E-state index contributed by atoms with van der Waals surface area (Å²) in [4.78, 5) is 13.6. The number of hydrogen-bond donors (Lipinski definition) is 2. The summed E-state index contributed by atoms with van der Waals surface area (Å²) in [6, 6.07) is 3.70. The number of nitrogens with one attached hydrogen (secondary N) is 1. The smallest absolute Gasteiger partial charge is 0.257 e. The van der Waals surface area contributed by atoms with E-state index >= 15 is 0 Å². The Morgan fingerprint density at radius 1 is 1.50 bits per heavy atom. The molecule has 0 aliphatic carbocycles. The summed E-state index contributed by atoms with van der Waals surface area (Å²) in [6.07, 6.45) is -1.14. The monoisotopic (exact) mass is 298 g/mol. The number of halogens is 1. The Labute approximate surface area is 123 Å². The highest BCUT2D eigenvalue weighted by Crippen LogP contribution is 2.39. The molecular weight excluding hydrogens is 280 g/mol. The van der Waals surface area contributed by atoms with E-state index in [1.165, 1.54) is 0 Å². The summed E-state index contributed by atoms with van der Waals surface area (Å²) < 4.78 is 5.12. The molecule has 2 rings (SSSR count). The predicted molar refractivity (Wildman–Crippen MR) is 79.4 cm³/mol. The standard InChI is InChI=1S/C14H19ClN2O3/c1-8(2)17(4-5-20-3)12-7-11-9(6-10(12)15)13(18)14(19)16-11/h6-8,13,18H,4-5H2,1-3H3,(H,16,19). The molecule has 0 saturated carbocycles. The zero-order valence-electron chi connectivity index (χ0n) is 11.8. The van der Waals surface area contributed by atoms with E-state index in [4.69, 9.17) is 16.3 Å². The van der Waals surface area contributed by atoms with Crippen molar-refractivity contribution in [1.82, 2.24) is 0 Å². The molecule has 1 aromatic carbocycles. The van der Waals surface area contributed by atoms with Crippen LogP contribution in [0.3, 0.4) is 0 Å². The number of carbonyl (C=O) groups is 1. The molecule has 6 heteroatoms. The first-order chi connectivity index (χ1) is 9.45. The second kappa shape index (κ2) is 5.99. The lowest BCUT2D eigenvalue weighted by molar-refractivity contribution is -0.123. The van der Waals surface area contributed by atoms with Gasteiger partial charge in [0.1, 0.15) is 0 Å². The van der Waals surface area contributed by atoms with Crippen LogP contribution in [0, 0.1) is 0 Å². The number of carbonyl (C=O) groups excluding carboxylic acids is 1. The number of benzene rings is 1. The van der Waals surface area contributed by atoms with E-state index in [0.717, 1.165) is 5.69 Å². The summed E-state index contributed by atoms with van der Waals surface area (Å²) in [6.45, 7) is 5.41. The van der Waals surface area contributed by atoms with Crippen LogP contribution in [-0.2, 0) is 9.53 Å². The molecule has 1 aliphatic rings. The normalized spacial score (nSPS) is 17.3. The van der Waals surface area contributed by atoms with Gasteiger partial charge in [0, 0.05) is 30.9 Å². The zero-order valence-corrected chi connectivity index (χ0v) is 12.6. The number of ether oxygens (including phenoxy) is 1. The van der Waals surface area contributed by atoms with Crippen LogP contribution < -0.4 is 10.2 Å². The first kappa shape index (κ1) is 15.1. The van der Waals surface area contributed by atoms with Crippen LogP contribution in [0.4, 0.5) is 11.4 Å². The van der Waals surface area contributed by atoms with Gasteiger partial charge in [0.15, 0.2) is 6.10 Å². The van der Waals surface area contributed by atoms with Crippen molar-refractivity contribution >= 4 is 28.9 Å². The highest BCUT2D eigenvalue weighted by atomic mass is 35.5. The number of hydrogen-bond acceptors (Lipinski definition) is 4. The van der Waals surface area contributed by atoms with Gasteiger partial charge < -0.3 is 20.1 Å². The van der Waals surface area contributed by atoms with Crippen molar-refractivity contribution in [3.05, 3.63) is 22.7 Å². The molecule has 110 valence electrons. The summed E-state index contributed by atoms with van der Waals surface area (Å²) >= 11 is 6.31. The van der Waals surface area contributed by atoms with Gasteiger partial charge in [-0.15, -0.1) is 0 Å². The van der Waals surface area contributed by atoms with E-state index in [2.05, 4.69) is 24.1 Å². The molecular formula is C14H19ClN2O3. The fourth-order valence-electron chi connectivity index (χ4n) is 2.32. The van der Waals surface area contributed by atoms with E-state index < -0.39 is 12.0 Å². The minimum absolute atomic E-state index is 0.239. The molecule has 0 aromatic heterocycles. The maximum atomic E-state index is 11.5. The number of amides is 1. The number of aliphatic hydroxyl groups is 1. The third-order valence-electron chi connectivity index (χ3n) is 3.39. The summed E-state index contributed by atoms with van der Waals surface area (Å²) in [7, 11) is 1.65. The summed E-state index contributed by atoms with van der Waals surface area (Å²) in [5, 5.41) is 12.9. The van der Waals surface area contributed by atoms with Crippen molar-refractivity contribution in [2.24, 2.45) is 0 Å². The Bertz CT molecular complexity index is 519. The molecule has 0 spiro atoms. The van der Waals surface area contributed by atoms with Gasteiger partial charge in [-0.1, -0.05) is 11.6 Å². The van der Waals surface area contributed by atoms with Gasteiger partial charge in [0.25, 0.3) is 5.91 Å². The Kier molecular flexibility index (Phi) is 4.52. The number of anilines is 2. The van der Waals surface area contributed by atoms with E-state index in [-0.39, 0.29) is 6.04 Å². The van der Waals surface area contributed by atoms with Crippen LogP contribution in [0.1, 0.15) is 25.5 Å². The van der Waals surface area contributed by atoms with E-state index in [1.54, 1.807) is 19.2 Å². The van der Waals surface area contributed by atoms with Gasteiger partial charge in [-0.2, -0.15) is 0 Å². The lowest BCUT2D eigenvalue weighted by atomic mass is 10.1. The Hall–Kier alpha value is -1.30. The topological polar surface area (TPSA) is 61.8 Å². The maximum absolute atomic E-state index is 11.5. The number of fused-ring (bicyclic) bond motifs is 1. The minimum atomic E-state index is -1.14. The third kappa shape index (κ3) is 2.75. The fourth-order valence-corrected chi connectivity index (χ4v) is 2.60. The van der Waals surface area contributed by atoms with Crippen molar-refractivity contribution in [3.63, 3.8) is 0 Å². The van der Waals surface area contributed by atoms with Gasteiger partial charge in [0.2, 0.25) is 0 Å². The molecule has 0 bridgehead atoms. The van der Waals surface area contributed by atoms with Crippen LogP contribution in [-0.4, -0.2) is 37.3 Å². The Morgan fingerprint density at radius 3 is 2.80 bits per heavy atom. The number of aliphatic hydroxyl groups excluding tert-OH is 1. The quantitative estimate of drug-likeness (QED) is 0.875. The SMILES string of the molecule is COCCN(c1cc2c(cc1Cl)C(O)C(=O)N2)C(C)C. The number of rotatable bonds is 5. The first-order valence-electron chi connectivity index (χ1n) is 6.53. The van der Waals surface area contributed by atoms with Gasteiger partial charge in [-0.25, -0.2) is 0 Å². The van der Waals surface area contributed by atoms with Crippen LogP contribution in [0.2, 0.25) is 5.02 Å². The van der Waals surface area contributed by atoms with E-state index in [9.17, 15) is 9.90 Å². The molecule has 5 nitrogen and oxygen atoms in total. The van der Waals surface area contributed by atoms with Gasteiger partial charge in [-0.05, 0) is 26.0 Å². The molecule has 0 saturated heterocycles. The first-order valence-corrected chi connectivity index (χ1v) is 6.91. The van der Waals surface area contributed by atoms with Crippen molar-refractivity contribution in [2.45, 2.75) is 26.0 Å². The van der Waals surface area contributed by atoms with Gasteiger partial charge in [0.05, 0.1) is 17.3 Å².